The van der Waals surface area contributed by atoms with Gasteiger partial charge in [0.1, 0.15) is 43.4 Å². The smallest absolute Gasteiger partial charge is 0.407 e. The lowest BCUT2D eigenvalue weighted by atomic mass is 9.81. The van der Waals surface area contributed by atoms with Crippen LogP contribution < -0.4 is 47.5 Å². The summed E-state index contributed by atoms with van der Waals surface area (Å²) in [6, 6.07) is 9.55. The number of primary amides is 1. The Labute approximate surface area is 775 Å². The number of amides is 18. The largest absolute Gasteiger partial charge is 0.493 e. The maximum Gasteiger partial charge on any atom is 0.407 e. The van der Waals surface area contributed by atoms with Gasteiger partial charge in [0.2, 0.25) is 76.8 Å². The van der Waals surface area contributed by atoms with Crippen LogP contribution >= 0.6 is 0 Å². The number of halogens is 1. The summed E-state index contributed by atoms with van der Waals surface area (Å²) in [7, 11) is 12.9. The molecule has 0 spiro atoms. The number of esters is 1. The van der Waals surface area contributed by atoms with Gasteiger partial charge in [-0.25, -0.2) is 28.7 Å². The van der Waals surface area contributed by atoms with Crippen LogP contribution in [0.4, 0.5) is 25.4 Å². The van der Waals surface area contributed by atoms with Crippen molar-refractivity contribution in [2.75, 3.05) is 159 Å². The number of aliphatic carboxylic acids is 1. The number of imide groups is 1. The third-order valence-corrected chi connectivity index (χ3v) is 23.6. The predicted octanol–water partition coefficient (Wildman–Crippen LogP) is -0.657. The number of alkyl carbamates (subject to hydrolysis) is 1. The Morgan fingerprint density at radius 2 is 1.13 bits per heavy atom. The van der Waals surface area contributed by atoms with Crippen molar-refractivity contribution in [3.63, 3.8) is 0 Å². The molecule has 0 saturated heterocycles. The van der Waals surface area contributed by atoms with Gasteiger partial charge in [0, 0.05) is 136 Å². The van der Waals surface area contributed by atoms with Crippen molar-refractivity contribution in [1.82, 2.24) is 79.8 Å². The average molecular weight is 1880 g/mol. The van der Waals surface area contributed by atoms with E-state index in [-0.39, 0.29) is 112 Å². The van der Waals surface area contributed by atoms with Gasteiger partial charge in [-0.15, -0.1) is 0 Å². The van der Waals surface area contributed by atoms with Gasteiger partial charge < -0.3 is 110 Å². The fraction of sp³-hybridized carbons (Fsp3) is 0.478. The van der Waals surface area contributed by atoms with Crippen molar-refractivity contribution in [2.45, 2.75) is 129 Å². The second-order valence-corrected chi connectivity index (χ2v) is 34.1. The molecule has 5 aromatic rings. The third kappa shape index (κ3) is 26.1. The minimum atomic E-state index is -2.09. The highest BCUT2D eigenvalue weighted by molar-refractivity contribution is 6.28. The van der Waals surface area contributed by atoms with Crippen LogP contribution in [-0.2, 0) is 129 Å². The van der Waals surface area contributed by atoms with E-state index in [1.807, 2.05) is 0 Å². The van der Waals surface area contributed by atoms with E-state index in [4.69, 9.17) is 30.0 Å². The summed E-state index contributed by atoms with van der Waals surface area (Å²) in [6.07, 6.45) is 1.70. The minimum Gasteiger partial charge on any atom is -0.493 e. The van der Waals surface area contributed by atoms with Gasteiger partial charge in [-0.05, 0) is 110 Å². The Hall–Kier alpha value is -14.8. The number of carboxylic acid groups (broad SMARTS) is 1. The second-order valence-electron chi connectivity index (χ2n) is 34.1. The van der Waals surface area contributed by atoms with Crippen molar-refractivity contribution in [1.29, 1.82) is 0 Å². The fourth-order valence-corrected chi connectivity index (χ4v) is 15.3. The molecular weight excluding hydrogens is 1770 g/mol. The molecule has 3 aliphatic heterocycles. The normalized spacial score (nSPS) is 14.7. The lowest BCUT2D eigenvalue weighted by Gasteiger charge is -2.31. The first-order valence-electron chi connectivity index (χ1n) is 43.3. The molecule has 0 unspecified atom stereocenters. The van der Waals surface area contributed by atoms with Crippen LogP contribution in [0, 0.1) is 18.7 Å². The van der Waals surface area contributed by atoms with Crippen molar-refractivity contribution >= 4 is 135 Å². The number of pyridine rings is 2. The molecule has 9 rings (SSSR count). The number of benzene rings is 3. The third-order valence-electron chi connectivity index (χ3n) is 23.6. The molecule has 0 saturated carbocycles. The van der Waals surface area contributed by atoms with Crippen LogP contribution in [0.1, 0.15) is 116 Å². The lowest BCUT2D eigenvalue weighted by Crippen LogP contribution is -2.54. The van der Waals surface area contributed by atoms with E-state index < -0.39 is 219 Å². The monoisotopic (exact) mass is 1880 g/mol. The molecule has 4 atom stereocenters. The molecule has 44 nitrogen and oxygen atoms in total. The van der Waals surface area contributed by atoms with E-state index in [0.29, 0.717) is 63.0 Å². The molecule has 3 aromatic carbocycles. The summed E-state index contributed by atoms with van der Waals surface area (Å²) in [5.41, 5.74) is 7.46. The van der Waals surface area contributed by atoms with Gasteiger partial charge in [0.05, 0.1) is 106 Å². The van der Waals surface area contributed by atoms with E-state index in [1.165, 1.54) is 99.3 Å². The number of likely N-dealkylation sites (N-methyl/N-ethyl adjacent to an activating group) is 10. The molecule has 5 heterocycles. The van der Waals surface area contributed by atoms with E-state index in [0.717, 1.165) is 66.1 Å². The number of hydrogen-bond acceptors (Lipinski definition) is 25. The fourth-order valence-electron chi connectivity index (χ4n) is 15.3. The number of rotatable bonds is 43. The van der Waals surface area contributed by atoms with E-state index in [2.05, 4.69) is 26.6 Å². The van der Waals surface area contributed by atoms with Crippen molar-refractivity contribution < 1.29 is 120 Å². The highest BCUT2D eigenvalue weighted by atomic mass is 19.1. The number of carbonyl (C=O) groups excluding carboxylic acids is 18. The van der Waals surface area contributed by atoms with E-state index >= 15 is 4.39 Å². The maximum atomic E-state index is 15.6. The minimum absolute atomic E-state index is 0.0146. The van der Waals surface area contributed by atoms with Crippen LogP contribution in [-0.4, -0.2) is 343 Å². The van der Waals surface area contributed by atoms with Gasteiger partial charge in [0.15, 0.2) is 5.60 Å². The van der Waals surface area contributed by atoms with Crippen LogP contribution in [0.3, 0.4) is 0 Å². The number of fused-ring (bicyclic) bond motifs is 5. The van der Waals surface area contributed by atoms with Gasteiger partial charge >= 0.3 is 24.1 Å². The number of nitrogens with two attached hydrogens (primary N) is 1. The summed E-state index contributed by atoms with van der Waals surface area (Å²) < 4.78 is 34.2. The van der Waals surface area contributed by atoms with Crippen LogP contribution in [0.5, 0.6) is 5.75 Å². The van der Waals surface area contributed by atoms with Crippen molar-refractivity contribution in [3.05, 3.63) is 127 Å². The molecule has 0 bridgehead atoms. The summed E-state index contributed by atoms with van der Waals surface area (Å²) >= 11 is 0. The number of anilines is 2. The Bertz CT molecular complexity index is 5610. The number of aliphatic hydroxyl groups is 1. The standard InChI is InChI=1S/C90H114FN19O25/c1-15-90(132)59-35-64-83-57(37-109(64)86(128)58(59)49-134-87(90)129)81-61(28-27-56-51(4)60(91)36-63(95-83)80(56)81)97-89(131)135-48-52-20-24-54(25-21-52)94-84(126)62(18-16-32-93-88(92)130)96-85(127)82(50(2)3)98-66(111)29-23-53-22-26-55(110-68(113)30-31-69(110)114)34-65(53)133-33-17-19-67(112)99(5)38-70(115)100(6)39-71(116)101(7)40-72(117)102(8)41-73(118)103(9)42-74(119)104(10)43-75(120)105(11)44-76(121)106(12)45-77(122)107(13)46-78(123)108(14)47-79(124)125/h20-22,24-26,30-31,34-36,50,61-62,82,132H,15-19,23,27-29,32-33,37-49H2,1-14H3,(H,94,126)(H,96,127)(H,97,131)(H,98,111)(H,124,125)(H3,92,93,130)/t61-,62-,82-,90-/m0/s1. The number of urea groups is 1. The Balaban J connectivity index is 0.716. The Morgan fingerprint density at radius 3 is 1.61 bits per heavy atom. The molecule has 45 heteroatoms. The number of hydrogen-bond donors (Lipinski definition) is 8. The first kappa shape index (κ1) is 104. The quantitative estimate of drug-likeness (QED) is 0.0134. The first-order chi connectivity index (χ1) is 63.6. The van der Waals surface area contributed by atoms with E-state index in [9.17, 15) is 101 Å². The molecule has 135 heavy (non-hydrogen) atoms. The van der Waals surface area contributed by atoms with Gasteiger partial charge in [-0.2, -0.15) is 0 Å². The van der Waals surface area contributed by atoms with Gasteiger partial charge in [-0.1, -0.05) is 39.0 Å². The zero-order chi connectivity index (χ0) is 99.6. The molecule has 9 N–H and O–H groups in total. The highest BCUT2D eigenvalue weighted by Crippen LogP contribution is 2.46. The van der Waals surface area contributed by atoms with Crippen molar-refractivity contribution in [3.8, 4) is 17.1 Å². The molecule has 726 valence electrons. The number of nitrogens with one attached hydrogen (secondary N) is 5. The Kier molecular flexibility index (Phi) is 35.0. The van der Waals surface area contributed by atoms with Crippen LogP contribution in [0.25, 0.3) is 22.3 Å². The topological polar surface area (TPSA) is 549 Å². The molecule has 4 aliphatic rings. The summed E-state index contributed by atoms with van der Waals surface area (Å²) in [5, 5.41) is 34.7. The first-order valence-corrected chi connectivity index (χ1v) is 43.3. The molecule has 0 fully saturated rings. The Morgan fingerprint density at radius 1 is 0.622 bits per heavy atom. The average Bonchev–Trinajstić information content (AvgIpc) is 1.57. The van der Waals surface area contributed by atoms with Crippen LogP contribution in [0.2, 0.25) is 0 Å². The van der Waals surface area contributed by atoms with Gasteiger partial charge in [-0.3, -0.25) is 81.5 Å². The number of ether oxygens (including phenoxy) is 3. The highest BCUT2D eigenvalue weighted by Gasteiger charge is 2.47. The number of aryl methyl sites for hydroxylation is 2. The predicted molar refractivity (Wildman–Crippen MR) is 479 cm³/mol. The summed E-state index contributed by atoms with van der Waals surface area (Å²) in [6.45, 7) is 0.756. The number of carboxylic acids is 1. The SMILES string of the molecule is CC[C@@]1(O)C(=O)OCc2c1cc1n(c2=O)Cc2c-1nc1cc(F)c(C)c3c1c2[C@@H](NC(=O)OCc1ccc(NC(=O)[C@H](CCCNC(N)=O)NC(=O)[C@@H](NC(=O)CCc2ccc(N4C(=O)C=CC4=O)cc2OCCCC(=O)N(C)CC(=O)N(C)CC(=O)N(C)CC(=O)N(C)CC(=O)N(C)CC(=O)N(C)CC(=O)N(C)CC(=O)N(C)CC(=O)N(C)CC(=O)N(C)CC(=O)O)C(C)C)cc1)CC3. The van der Waals surface area contributed by atoms with Crippen LogP contribution in [0.15, 0.2) is 71.5 Å². The molecule has 18 amide bonds. The number of cyclic esters (lactones) is 1. The molecule has 1 aliphatic carbocycles. The molecule has 0 radical (unpaired) electrons. The lowest BCUT2D eigenvalue weighted by molar-refractivity contribution is -0.172. The summed E-state index contributed by atoms with van der Waals surface area (Å²) in [5.74, 6) is -12.9. The second kappa shape index (κ2) is 45.5. The van der Waals surface area contributed by atoms with E-state index in [1.54, 1.807) is 58.0 Å². The summed E-state index contributed by atoms with van der Waals surface area (Å²) in [4.78, 5) is 278. The van der Waals surface area contributed by atoms with Gasteiger partial charge in [0.25, 0.3) is 17.4 Å². The number of carbonyl (C=O) groups is 19. The zero-order valence-electron chi connectivity index (χ0n) is 77.7. The molecule has 2 aromatic heterocycles. The number of aromatic nitrogens is 2. The molecular formula is C90H114FN19O25. The zero-order valence-corrected chi connectivity index (χ0v) is 77.7. The maximum absolute atomic E-state index is 15.6. The number of nitrogens with zero attached hydrogens (tertiary/aromatic N) is 13. The van der Waals surface area contributed by atoms with Crippen molar-refractivity contribution in [2.24, 2.45) is 11.7 Å².